The van der Waals surface area contributed by atoms with Crippen LogP contribution in [0.15, 0.2) is 18.5 Å². The molecule has 9 heteroatoms. The molecule has 4 rings (SSSR count). The molecule has 2 fully saturated rings. The first kappa shape index (κ1) is 16.9. The Morgan fingerprint density at radius 1 is 1.19 bits per heavy atom. The number of nitrogens with one attached hydrogen (secondary N) is 1. The van der Waals surface area contributed by atoms with Gasteiger partial charge in [-0.2, -0.15) is 4.98 Å². The second kappa shape index (κ2) is 7.38. The lowest BCUT2D eigenvalue weighted by Gasteiger charge is -2.35. The summed E-state index contributed by atoms with van der Waals surface area (Å²) in [4.78, 5) is 19.5. The Hall–Kier alpha value is -2.52. The smallest absolute Gasteiger partial charge is 0.229 e. The van der Waals surface area contributed by atoms with Crippen LogP contribution in [0, 0.1) is 0 Å². The first-order valence-electron chi connectivity index (χ1n) is 8.85. The van der Waals surface area contributed by atoms with Crippen molar-refractivity contribution in [2.24, 2.45) is 0 Å². The predicted molar refractivity (Wildman–Crippen MR) is 97.0 cm³/mol. The highest BCUT2D eigenvalue weighted by Gasteiger charge is 2.30. The van der Waals surface area contributed by atoms with Gasteiger partial charge in [0.15, 0.2) is 0 Å². The Kier molecular flexibility index (Phi) is 4.81. The highest BCUT2D eigenvalue weighted by atomic mass is 16.5. The van der Waals surface area contributed by atoms with Gasteiger partial charge in [-0.1, -0.05) is 0 Å². The average molecular weight is 357 g/mol. The Bertz CT molecular complexity index is 743. The van der Waals surface area contributed by atoms with Crippen molar-refractivity contribution in [3.63, 3.8) is 0 Å². The zero-order valence-electron chi connectivity index (χ0n) is 14.8. The van der Waals surface area contributed by atoms with E-state index in [1.165, 1.54) is 0 Å². The molecule has 9 nitrogen and oxygen atoms in total. The summed E-state index contributed by atoms with van der Waals surface area (Å²) in [5, 5.41) is 3.26. The van der Waals surface area contributed by atoms with Crippen LogP contribution in [0.3, 0.4) is 0 Å². The van der Waals surface area contributed by atoms with Crippen LogP contribution in [0.2, 0.25) is 0 Å². The van der Waals surface area contributed by atoms with Gasteiger partial charge in [-0.25, -0.2) is 15.0 Å². The van der Waals surface area contributed by atoms with Crippen LogP contribution in [0.25, 0.3) is 11.3 Å². The third kappa shape index (κ3) is 3.68. The maximum Gasteiger partial charge on any atom is 0.229 e. The van der Waals surface area contributed by atoms with E-state index in [9.17, 15) is 0 Å². The molecule has 2 aromatic rings. The van der Waals surface area contributed by atoms with Gasteiger partial charge < -0.3 is 25.4 Å². The largest absolute Gasteiger partial charge is 0.474 e. The van der Waals surface area contributed by atoms with Gasteiger partial charge in [-0.05, 0) is 19.9 Å². The van der Waals surface area contributed by atoms with E-state index in [1.54, 1.807) is 12.4 Å². The molecule has 0 unspecified atom stereocenters. The van der Waals surface area contributed by atoms with E-state index in [0.29, 0.717) is 31.1 Å². The molecule has 0 spiro atoms. The molecular weight excluding hydrogens is 334 g/mol. The number of rotatable bonds is 5. The van der Waals surface area contributed by atoms with Crippen molar-refractivity contribution >= 4 is 11.9 Å². The van der Waals surface area contributed by atoms with Crippen molar-refractivity contribution in [2.75, 3.05) is 44.0 Å². The molecule has 2 aliphatic rings. The van der Waals surface area contributed by atoms with Gasteiger partial charge in [0.1, 0.15) is 6.10 Å². The highest BCUT2D eigenvalue weighted by Crippen LogP contribution is 2.29. The number of ether oxygens (including phenoxy) is 2. The average Bonchev–Trinajstić information content (AvgIpc) is 2.65. The number of nitrogen functional groups attached to an aromatic ring is 1. The molecule has 1 saturated heterocycles. The first-order chi connectivity index (χ1) is 12.7. The van der Waals surface area contributed by atoms with Gasteiger partial charge in [-0.15, -0.1) is 0 Å². The van der Waals surface area contributed by atoms with Crippen LogP contribution in [0.5, 0.6) is 5.88 Å². The molecule has 1 saturated carbocycles. The van der Waals surface area contributed by atoms with Crippen molar-refractivity contribution in [1.29, 1.82) is 0 Å². The quantitative estimate of drug-likeness (QED) is 0.789. The minimum Gasteiger partial charge on any atom is -0.474 e. The fraction of sp³-hybridized carbons (Fsp3) is 0.529. The van der Waals surface area contributed by atoms with Gasteiger partial charge in [0.25, 0.3) is 0 Å². The maximum atomic E-state index is 6.09. The van der Waals surface area contributed by atoms with Crippen molar-refractivity contribution in [2.45, 2.75) is 25.0 Å². The summed E-state index contributed by atoms with van der Waals surface area (Å²) in [7, 11) is 1.97. The van der Waals surface area contributed by atoms with Crippen LogP contribution in [-0.2, 0) is 4.74 Å². The molecular formula is C17H23N7O2. The van der Waals surface area contributed by atoms with E-state index < -0.39 is 0 Å². The maximum absolute atomic E-state index is 6.09. The van der Waals surface area contributed by atoms with Gasteiger partial charge in [-0.3, -0.25) is 0 Å². The zero-order valence-corrected chi connectivity index (χ0v) is 14.8. The van der Waals surface area contributed by atoms with Crippen LogP contribution >= 0.6 is 0 Å². The van der Waals surface area contributed by atoms with E-state index >= 15 is 0 Å². The van der Waals surface area contributed by atoms with Crippen molar-refractivity contribution < 1.29 is 9.47 Å². The summed E-state index contributed by atoms with van der Waals surface area (Å²) in [5.74, 6) is 1.45. The Morgan fingerprint density at radius 3 is 2.62 bits per heavy atom. The number of hydrogen-bond acceptors (Lipinski definition) is 9. The number of anilines is 2. The normalized spacial score (nSPS) is 22.7. The molecule has 3 N–H and O–H groups in total. The third-order valence-corrected chi connectivity index (χ3v) is 4.74. The zero-order chi connectivity index (χ0) is 17.9. The predicted octanol–water partition coefficient (Wildman–Crippen LogP) is 0.482. The van der Waals surface area contributed by atoms with Gasteiger partial charge in [0, 0.05) is 43.2 Å². The standard InChI is InChI=1S/C17H23N7O2/c1-19-12-6-13(7-12)26-15-8-14(11-9-20-16(18)21-10-11)22-17(23-15)24-2-4-25-5-3-24/h8-10,12-13,19H,2-7H2,1H3,(H2,18,20,21). The third-order valence-electron chi connectivity index (χ3n) is 4.74. The lowest BCUT2D eigenvalue weighted by molar-refractivity contribution is 0.0836. The molecule has 3 heterocycles. The van der Waals surface area contributed by atoms with E-state index in [-0.39, 0.29) is 12.1 Å². The van der Waals surface area contributed by atoms with Crippen LogP contribution < -0.4 is 20.7 Å². The minimum absolute atomic E-state index is 0.176. The summed E-state index contributed by atoms with van der Waals surface area (Å²) >= 11 is 0. The van der Waals surface area contributed by atoms with E-state index in [0.717, 1.165) is 37.2 Å². The SMILES string of the molecule is CNC1CC(Oc2cc(-c3cnc(N)nc3)nc(N3CCOCC3)n2)C1. The first-order valence-corrected chi connectivity index (χ1v) is 8.85. The highest BCUT2D eigenvalue weighted by molar-refractivity contribution is 5.60. The molecule has 0 radical (unpaired) electrons. The van der Waals surface area contributed by atoms with E-state index in [2.05, 4.69) is 30.2 Å². The summed E-state index contributed by atoms with van der Waals surface area (Å²) in [6, 6.07) is 2.36. The Morgan fingerprint density at radius 2 is 1.92 bits per heavy atom. The monoisotopic (exact) mass is 357 g/mol. The van der Waals surface area contributed by atoms with E-state index in [1.807, 2.05) is 13.1 Å². The summed E-state index contributed by atoms with van der Waals surface area (Å²) in [6.45, 7) is 2.85. The number of nitrogens with two attached hydrogens (primary N) is 1. The second-order valence-electron chi connectivity index (χ2n) is 6.52. The second-order valence-corrected chi connectivity index (χ2v) is 6.52. The van der Waals surface area contributed by atoms with Gasteiger partial charge in [0.2, 0.25) is 17.8 Å². The molecule has 0 bridgehead atoms. The van der Waals surface area contributed by atoms with Crippen molar-refractivity contribution in [3.05, 3.63) is 18.5 Å². The van der Waals surface area contributed by atoms with Crippen LogP contribution in [0.4, 0.5) is 11.9 Å². The molecule has 26 heavy (non-hydrogen) atoms. The summed E-state index contributed by atoms with van der Waals surface area (Å²) in [6.07, 6.45) is 5.47. The lowest BCUT2D eigenvalue weighted by Crippen LogP contribution is -2.45. The fourth-order valence-electron chi connectivity index (χ4n) is 3.06. The van der Waals surface area contributed by atoms with Crippen LogP contribution in [-0.4, -0.2) is 65.4 Å². The Labute approximate surface area is 152 Å². The van der Waals surface area contributed by atoms with Gasteiger partial charge >= 0.3 is 0 Å². The minimum atomic E-state index is 0.176. The van der Waals surface area contributed by atoms with Crippen molar-refractivity contribution in [1.82, 2.24) is 25.3 Å². The molecule has 138 valence electrons. The lowest BCUT2D eigenvalue weighted by atomic mass is 9.89. The van der Waals surface area contributed by atoms with Crippen LogP contribution in [0.1, 0.15) is 12.8 Å². The Balaban J connectivity index is 1.61. The number of aromatic nitrogens is 4. The molecule has 1 aliphatic carbocycles. The molecule has 0 aromatic carbocycles. The number of nitrogens with zero attached hydrogens (tertiary/aromatic N) is 5. The molecule has 1 aliphatic heterocycles. The molecule has 2 aromatic heterocycles. The number of morpholine rings is 1. The van der Waals surface area contributed by atoms with E-state index in [4.69, 9.17) is 15.2 Å². The molecule has 0 amide bonds. The topological polar surface area (TPSA) is 111 Å². The summed E-state index contributed by atoms with van der Waals surface area (Å²) < 4.78 is 11.5. The van der Waals surface area contributed by atoms with Gasteiger partial charge in [0.05, 0.1) is 18.9 Å². The number of hydrogen-bond donors (Lipinski definition) is 2. The molecule has 0 atom stereocenters. The fourth-order valence-corrected chi connectivity index (χ4v) is 3.06. The summed E-state index contributed by atoms with van der Waals surface area (Å²) in [5.41, 5.74) is 7.09. The van der Waals surface area contributed by atoms with Crippen molar-refractivity contribution in [3.8, 4) is 17.1 Å².